The molecule has 9 heavy (non-hydrogen) atoms. The molecule has 0 aromatic rings. The van der Waals surface area contributed by atoms with E-state index in [2.05, 4.69) is 20.4 Å². The fourth-order valence-corrected chi connectivity index (χ4v) is 0.606. The van der Waals surface area contributed by atoms with Gasteiger partial charge in [0, 0.05) is 0 Å². The summed E-state index contributed by atoms with van der Waals surface area (Å²) >= 11 is 0. The highest BCUT2D eigenvalue weighted by Gasteiger charge is 1.93. The van der Waals surface area contributed by atoms with Crippen LogP contribution in [0.2, 0.25) is 0 Å². The van der Waals surface area contributed by atoms with Crippen molar-refractivity contribution in [1.82, 2.24) is 6.15 Å². The highest BCUT2D eigenvalue weighted by Crippen LogP contribution is 2.08. The average Bonchev–Trinajstić information content (AvgIpc) is 1.83. The van der Waals surface area contributed by atoms with Crippen LogP contribution in [-0.2, 0) is 0 Å². The molecular weight excluding hydrogens is 110 g/mol. The molecule has 56 valence electrons. The summed E-state index contributed by atoms with van der Waals surface area (Å²) in [7, 11) is 0. The van der Waals surface area contributed by atoms with Crippen LogP contribution in [0, 0.1) is 5.92 Å². The van der Waals surface area contributed by atoms with Gasteiger partial charge in [-0.05, 0) is 18.8 Å². The molecule has 0 aliphatic heterocycles. The van der Waals surface area contributed by atoms with Gasteiger partial charge in [-0.1, -0.05) is 26.3 Å². The van der Waals surface area contributed by atoms with Crippen molar-refractivity contribution in [3.63, 3.8) is 0 Å². The highest BCUT2D eigenvalue weighted by atomic mass is 14.0. The molecule has 0 spiro atoms. The fraction of sp³-hybridized carbons (Fsp3) is 0.750. The maximum atomic E-state index is 3.67. The maximum Gasteiger partial charge on any atom is -0.0351 e. The van der Waals surface area contributed by atoms with Gasteiger partial charge >= 0.3 is 0 Å². The Kier molecular flexibility index (Phi) is 9.83. The quantitative estimate of drug-likeness (QED) is 0.581. The molecule has 1 nitrogen and oxygen atoms in total. The molecule has 0 saturated carbocycles. The normalized spacial score (nSPS) is 11.8. The van der Waals surface area contributed by atoms with E-state index < -0.39 is 0 Å². The van der Waals surface area contributed by atoms with Gasteiger partial charge in [-0.25, -0.2) is 0 Å². The Bertz CT molecular complexity index is 59.6. The summed E-state index contributed by atoms with van der Waals surface area (Å²) < 4.78 is 0. The first-order valence-electron chi connectivity index (χ1n) is 3.42. The molecular formula is C8H19N. The highest BCUT2D eigenvalue weighted by molar-refractivity contribution is 4.67. The van der Waals surface area contributed by atoms with Gasteiger partial charge in [0.2, 0.25) is 0 Å². The van der Waals surface area contributed by atoms with Crippen LogP contribution in [0.4, 0.5) is 0 Å². The maximum absolute atomic E-state index is 3.67. The number of hydrogen-bond donors (Lipinski definition) is 1. The van der Waals surface area contributed by atoms with Crippen LogP contribution in [0.25, 0.3) is 0 Å². The summed E-state index contributed by atoms with van der Waals surface area (Å²) in [6.45, 7) is 8.18. The summed E-state index contributed by atoms with van der Waals surface area (Å²) in [4.78, 5) is 0. The zero-order valence-corrected chi connectivity index (χ0v) is 6.69. The summed E-state index contributed by atoms with van der Waals surface area (Å²) in [6.07, 6.45) is 5.77. The minimum atomic E-state index is 0. The first-order chi connectivity index (χ1) is 3.81. The van der Waals surface area contributed by atoms with Crippen LogP contribution in [0.5, 0.6) is 0 Å². The molecule has 0 saturated heterocycles. The third kappa shape index (κ3) is 7.70. The summed E-state index contributed by atoms with van der Waals surface area (Å²) in [6, 6.07) is 0. The molecule has 0 fully saturated rings. The minimum Gasteiger partial charge on any atom is -0.344 e. The zero-order chi connectivity index (χ0) is 6.41. The van der Waals surface area contributed by atoms with Gasteiger partial charge in [0.05, 0.1) is 0 Å². The Morgan fingerprint density at radius 2 is 2.11 bits per heavy atom. The van der Waals surface area contributed by atoms with E-state index in [1.165, 1.54) is 19.3 Å². The van der Waals surface area contributed by atoms with E-state index in [1.54, 1.807) is 0 Å². The van der Waals surface area contributed by atoms with Crippen molar-refractivity contribution < 1.29 is 0 Å². The summed E-state index contributed by atoms with van der Waals surface area (Å²) in [5, 5.41) is 0. The van der Waals surface area contributed by atoms with Crippen LogP contribution in [0.1, 0.15) is 33.1 Å². The van der Waals surface area contributed by atoms with Crippen LogP contribution < -0.4 is 6.15 Å². The predicted octanol–water partition coefficient (Wildman–Crippen LogP) is 3.16. The smallest absolute Gasteiger partial charge is 0.0351 e. The second-order valence-electron chi connectivity index (χ2n) is 2.38. The molecule has 3 N–H and O–H groups in total. The SMILES string of the molecule is C=CCCC(C)CC.N. The first-order valence-corrected chi connectivity index (χ1v) is 3.42. The van der Waals surface area contributed by atoms with Crippen LogP contribution in [0.15, 0.2) is 12.7 Å². The molecule has 0 aromatic heterocycles. The third-order valence-electron chi connectivity index (χ3n) is 1.56. The van der Waals surface area contributed by atoms with Crippen molar-refractivity contribution in [2.75, 3.05) is 0 Å². The Morgan fingerprint density at radius 1 is 1.56 bits per heavy atom. The van der Waals surface area contributed by atoms with E-state index >= 15 is 0 Å². The van der Waals surface area contributed by atoms with Crippen molar-refractivity contribution in [3.8, 4) is 0 Å². The van der Waals surface area contributed by atoms with Crippen LogP contribution in [0.3, 0.4) is 0 Å². The molecule has 1 unspecified atom stereocenters. The number of allylic oxidation sites excluding steroid dienone is 1. The molecule has 0 rings (SSSR count). The average molecular weight is 129 g/mol. The van der Waals surface area contributed by atoms with E-state index in [4.69, 9.17) is 0 Å². The van der Waals surface area contributed by atoms with Gasteiger partial charge in [0.15, 0.2) is 0 Å². The molecule has 1 atom stereocenters. The Labute approximate surface area is 58.7 Å². The van der Waals surface area contributed by atoms with Crippen molar-refractivity contribution in [1.29, 1.82) is 0 Å². The van der Waals surface area contributed by atoms with Crippen molar-refractivity contribution >= 4 is 0 Å². The lowest BCUT2D eigenvalue weighted by atomic mass is 10.0. The van der Waals surface area contributed by atoms with E-state index in [9.17, 15) is 0 Å². The monoisotopic (exact) mass is 129 g/mol. The van der Waals surface area contributed by atoms with Gasteiger partial charge in [-0.2, -0.15) is 0 Å². The van der Waals surface area contributed by atoms with Gasteiger partial charge < -0.3 is 6.15 Å². The molecule has 0 aliphatic rings. The largest absolute Gasteiger partial charge is 0.344 e. The lowest BCUT2D eigenvalue weighted by Gasteiger charge is -2.03. The molecule has 0 amide bonds. The van der Waals surface area contributed by atoms with Crippen LogP contribution >= 0.6 is 0 Å². The van der Waals surface area contributed by atoms with Crippen molar-refractivity contribution in [2.45, 2.75) is 33.1 Å². The van der Waals surface area contributed by atoms with Gasteiger partial charge in [0.25, 0.3) is 0 Å². The Balaban J connectivity index is 0. The number of rotatable bonds is 4. The topological polar surface area (TPSA) is 35.0 Å². The summed E-state index contributed by atoms with van der Waals surface area (Å²) in [5.41, 5.74) is 0. The van der Waals surface area contributed by atoms with Crippen molar-refractivity contribution in [3.05, 3.63) is 12.7 Å². The Morgan fingerprint density at radius 3 is 2.44 bits per heavy atom. The molecule has 0 bridgehead atoms. The van der Waals surface area contributed by atoms with Gasteiger partial charge in [0.1, 0.15) is 0 Å². The van der Waals surface area contributed by atoms with Gasteiger partial charge in [-0.3, -0.25) is 0 Å². The second-order valence-corrected chi connectivity index (χ2v) is 2.38. The van der Waals surface area contributed by atoms with Crippen LogP contribution in [-0.4, -0.2) is 0 Å². The minimum absolute atomic E-state index is 0. The zero-order valence-electron chi connectivity index (χ0n) is 6.69. The van der Waals surface area contributed by atoms with E-state index in [0.717, 1.165) is 5.92 Å². The predicted molar refractivity (Wildman–Crippen MR) is 43.9 cm³/mol. The van der Waals surface area contributed by atoms with Gasteiger partial charge in [-0.15, -0.1) is 6.58 Å². The lowest BCUT2D eigenvalue weighted by molar-refractivity contribution is 0.522. The summed E-state index contributed by atoms with van der Waals surface area (Å²) in [5.74, 6) is 0.882. The lowest BCUT2D eigenvalue weighted by Crippen LogP contribution is -1.88. The van der Waals surface area contributed by atoms with E-state index in [-0.39, 0.29) is 6.15 Å². The molecule has 0 heterocycles. The van der Waals surface area contributed by atoms with E-state index in [1.807, 2.05) is 6.08 Å². The molecule has 0 radical (unpaired) electrons. The van der Waals surface area contributed by atoms with E-state index in [0.29, 0.717) is 0 Å². The van der Waals surface area contributed by atoms with Crippen molar-refractivity contribution in [2.24, 2.45) is 5.92 Å². The second kappa shape index (κ2) is 7.70. The molecule has 1 heteroatoms. The number of hydrogen-bond acceptors (Lipinski definition) is 1. The first kappa shape index (κ1) is 11.5. The molecule has 0 aromatic carbocycles. The Hall–Kier alpha value is -0.300. The fourth-order valence-electron chi connectivity index (χ4n) is 0.606. The molecule has 0 aliphatic carbocycles. The standard InChI is InChI=1S/C8H16.H3N/c1-4-6-7-8(3)5-2;/h4,8H,1,5-7H2,2-3H3;1H3. The third-order valence-corrected chi connectivity index (χ3v) is 1.56.